The molecular weight excluding hydrogens is 374 g/mol. The van der Waals surface area contributed by atoms with Crippen LogP contribution in [0.1, 0.15) is 27.7 Å². The Morgan fingerprint density at radius 2 is 1.72 bits per heavy atom. The highest BCUT2D eigenvalue weighted by atomic mass is 32.1. The number of nitrogens with zero attached hydrogens (tertiary/aromatic N) is 3. The predicted octanol–water partition coefficient (Wildman–Crippen LogP) is 6.55. The average molecular weight is 404 g/mol. The molecule has 0 atom stereocenters. The minimum atomic E-state index is 0.544. The lowest BCUT2D eigenvalue weighted by atomic mass is 10.0. The molecule has 0 saturated heterocycles. The zero-order valence-electron chi connectivity index (χ0n) is 17.7. The van der Waals surface area contributed by atoms with Crippen molar-refractivity contribution in [2.24, 2.45) is 0 Å². The summed E-state index contributed by atoms with van der Waals surface area (Å²) in [4.78, 5) is 7.09. The monoisotopic (exact) mass is 403 g/mol. The summed E-state index contributed by atoms with van der Waals surface area (Å²) in [6.07, 6.45) is 6.24. The predicted molar refractivity (Wildman–Crippen MR) is 125 cm³/mol. The van der Waals surface area contributed by atoms with Crippen LogP contribution in [0.3, 0.4) is 0 Å². The minimum absolute atomic E-state index is 0.544. The molecule has 1 aromatic carbocycles. The van der Waals surface area contributed by atoms with Gasteiger partial charge < -0.3 is 4.57 Å². The SMILES string of the molecule is CC(C)N(CCn1cc(-c2cncc(-c3ccsc3)c2)c2ccccc21)C(C)C. The first kappa shape index (κ1) is 19.9. The van der Waals surface area contributed by atoms with Crippen molar-refractivity contribution in [1.82, 2.24) is 14.5 Å². The molecule has 0 amide bonds. The summed E-state index contributed by atoms with van der Waals surface area (Å²) in [5.74, 6) is 0. The largest absolute Gasteiger partial charge is 0.346 e. The van der Waals surface area contributed by atoms with Crippen LogP contribution < -0.4 is 0 Å². The molecule has 29 heavy (non-hydrogen) atoms. The van der Waals surface area contributed by atoms with Crippen LogP contribution in [-0.2, 0) is 6.54 Å². The molecule has 3 heterocycles. The number of fused-ring (bicyclic) bond motifs is 1. The van der Waals surface area contributed by atoms with E-state index in [0.29, 0.717) is 12.1 Å². The summed E-state index contributed by atoms with van der Waals surface area (Å²) >= 11 is 1.72. The van der Waals surface area contributed by atoms with Crippen molar-refractivity contribution < 1.29 is 0 Å². The van der Waals surface area contributed by atoms with Crippen molar-refractivity contribution in [3.05, 3.63) is 65.7 Å². The van der Waals surface area contributed by atoms with Gasteiger partial charge in [0.1, 0.15) is 0 Å². The number of hydrogen-bond acceptors (Lipinski definition) is 3. The van der Waals surface area contributed by atoms with Gasteiger partial charge in [0.25, 0.3) is 0 Å². The lowest BCUT2D eigenvalue weighted by Crippen LogP contribution is -2.39. The standard InChI is InChI=1S/C25H29N3S/c1-18(2)28(19(3)4)11-10-27-16-24(23-7-5-6-8-25(23)27)22-13-21(14-26-15-22)20-9-12-29-17-20/h5-9,12-19H,10-11H2,1-4H3. The zero-order valence-corrected chi connectivity index (χ0v) is 18.5. The Bertz CT molecular complexity index is 1070. The molecular formula is C25H29N3S. The molecule has 0 aliphatic rings. The Balaban J connectivity index is 1.71. The number of aromatic nitrogens is 2. The highest BCUT2D eigenvalue weighted by Crippen LogP contribution is 2.33. The van der Waals surface area contributed by atoms with E-state index in [4.69, 9.17) is 0 Å². The highest BCUT2D eigenvalue weighted by Gasteiger charge is 2.15. The van der Waals surface area contributed by atoms with Crippen LogP contribution in [0.5, 0.6) is 0 Å². The van der Waals surface area contributed by atoms with Crippen LogP contribution in [0.15, 0.2) is 65.7 Å². The van der Waals surface area contributed by atoms with Gasteiger partial charge in [-0.3, -0.25) is 9.88 Å². The fourth-order valence-corrected chi connectivity index (χ4v) is 4.84. The van der Waals surface area contributed by atoms with Crippen LogP contribution in [0.2, 0.25) is 0 Å². The van der Waals surface area contributed by atoms with E-state index in [1.807, 2.05) is 12.4 Å². The first-order valence-electron chi connectivity index (χ1n) is 10.4. The third-order valence-corrected chi connectivity index (χ3v) is 6.30. The van der Waals surface area contributed by atoms with Crippen LogP contribution in [-0.4, -0.2) is 33.1 Å². The zero-order chi connectivity index (χ0) is 20.4. The molecule has 0 unspecified atom stereocenters. The molecule has 4 rings (SSSR count). The van der Waals surface area contributed by atoms with Crippen molar-refractivity contribution in [3.8, 4) is 22.3 Å². The summed E-state index contributed by atoms with van der Waals surface area (Å²) in [6.45, 7) is 11.1. The fraction of sp³-hybridized carbons (Fsp3) is 0.320. The number of pyridine rings is 1. The normalized spacial score (nSPS) is 12.0. The van der Waals surface area contributed by atoms with Crippen molar-refractivity contribution in [1.29, 1.82) is 0 Å². The maximum atomic E-state index is 4.54. The first-order valence-corrected chi connectivity index (χ1v) is 11.3. The Morgan fingerprint density at radius 1 is 0.966 bits per heavy atom. The van der Waals surface area contributed by atoms with E-state index in [0.717, 1.165) is 13.1 Å². The maximum absolute atomic E-state index is 4.54. The van der Waals surface area contributed by atoms with Gasteiger partial charge in [-0.2, -0.15) is 11.3 Å². The summed E-state index contributed by atoms with van der Waals surface area (Å²) in [5, 5.41) is 5.58. The highest BCUT2D eigenvalue weighted by molar-refractivity contribution is 7.08. The summed E-state index contributed by atoms with van der Waals surface area (Å²) in [7, 11) is 0. The lowest BCUT2D eigenvalue weighted by molar-refractivity contribution is 0.169. The van der Waals surface area contributed by atoms with E-state index in [-0.39, 0.29) is 0 Å². The van der Waals surface area contributed by atoms with E-state index in [9.17, 15) is 0 Å². The second-order valence-electron chi connectivity index (χ2n) is 8.15. The van der Waals surface area contributed by atoms with Crippen molar-refractivity contribution >= 4 is 22.2 Å². The Kier molecular flexibility index (Phi) is 5.84. The van der Waals surface area contributed by atoms with Gasteiger partial charge in [-0.05, 0) is 62.2 Å². The topological polar surface area (TPSA) is 21.1 Å². The molecule has 150 valence electrons. The van der Waals surface area contributed by atoms with Gasteiger partial charge in [0.05, 0.1) is 0 Å². The Hall–Kier alpha value is -2.43. The number of benzene rings is 1. The first-order chi connectivity index (χ1) is 14.0. The quantitative estimate of drug-likeness (QED) is 0.349. The molecule has 0 aliphatic heterocycles. The molecule has 0 N–H and O–H groups in total. The van der Waals surface area contributed by atoms with Crippen molar-refractivity contribution in [2.45, 2.75) is 46.3 Å². The van der Waals surface area contributed by atoms with Crippen LogP contribution in [0.4, 0.5) is 0 Å². The second-order valence-corrected chi connectivity index (χ2v) is 8.93. The number of para-hydroxylation sites is 1. The molecule has 0 bridgehead atoms. The van der Waals surface area contributed by atoms with Gasteiger partial charge in [0.2, 0.25) is 0 Å². The minimum Gasteiger partial charge on any atom is -0.346 e. The molecule has 0 spiro atoms. The van der Waals surface area contributed by atoms with E-state index in [1.54, 1.807) is 11.3 Å². The van der Waals surface area contributed by atoms with E-state index >= 15 is 0 Å². The Labute approximate surface area is 177 Å². The number of rotatable bonds is 7. The van der Waals surface area contributed by atoms with Crippen LogP contribution in [0.25, 0.3) is 33.2 Å². The van der Waals surface area contributed by atoms with Crippen molar-refractivity contribution in [2.75, 3.05) is 6.54 Å². The molecule has 0 saturated carbocycles. The molecule has 0 radical (unpaired) electrons. The van der Waals surface area contributed by atoms with Gasteiger partial charge in [0.15, 0.2) is 0 Å². The molecule has 3 aromatic heterocycles. The smallest absolute Gasteiger partial charge is 0.0487 e. The van der Waals surface area contributed by atoms with E-state index < -0.39 is 0 Å². The van der Waals surface area contributed by atoms with E-state index in [2.05, 4.69) is 95.5 Å². The van der Waals surface area contributed by atoms with Gasteiger partial charge in [-0.15, -0.1) is 0 Å². The molecule has 4 heteroatoms. The number of hydrogen-bond donors (Lipinski definition) is 0. The van der Waals surface area contributed by atoms with Crippen molar-refractivity contribution in [3.63, 3.8) is 0 Å². The van der Waals surface area contributed by atoms with Crippen LogP contribution in [0, 0.1) is 0 Å². The molecule has 0 aliphatic carbocycles. The van der Waals surface area contributed by atoms with E-state index in [1.165, 1.54) is 33.2 Å². The van der Waals surface area contributed by atoms with Gasteiger partial charge in [-0.25, -0.2) is 0 Å². The second kappa shape index (κ2) is 8.52. The van der Waals surface area contributed by atoms with Gasteiger partial charge in [-0.1, -0.05) is 18.2 Å². The molecule has 3 nitrogen and oxygen atoms in total. The summed E-state index contributed by atoms with van der Waals surface area (Å²) in [6, 6.07) is 14.2. The third-order valence-electron chi connectivity index (χ3n) is 5.62. The fourth-order valence-electron chi connectivity index (χ4n) is 4.17. The summed E-state index contributed by atoms with van der Waals surface area (Å²) in [5.41, 5.74) is 6.12. The van der Waals surface area contributed by atoms with Crippen LogP contribution >= 0.6 is 11.3 Å². The number of thiophene rings is 1. The maximum Gasteiger partial charge on any atom is 0.0487 e. The summed E-state index contributed by atoms with van der Waals surface area (Å²) < 4.78 is 2.40. The lowest BCUT2D eigenvalue weighted by Gasteiger charge is -2.30. The molecule has 4 aromatic rings. The third kappa shape index (κ3) is 4.14. The van der Waals surface area contributed by atoms with Gasteiger partial charge in [0, 0.05) is 71.4 Å². The average Bonchev–Trinajstić information content (AvgIpc) is 3.36. The molecule has 0 fully saturated rings. The van der Waals surface area contributed by atoms with Gasteiger partial charge >= 0.3 is 0 Å². The Morgan fingerprint density at radius 3 is 2.45 bits per heavy atom.